The van der Waals surface area contributed by atoms with Gasteiger partial charge in [-0.2, -0.15) is 0 Å². The van der Waals surface area contributed by atoms with Crippen molar-refractivity contribution >= 4 is 27.3 Å². The summed E-state index contributed by atoms with van der Waals surface area (Å²) in [5.74, 6) is -0.205. The zero-order valence-electron chi connectivity index (χ0n) is 18.6. The highest BCUT2D eigenvalue weighted by Gasteiger charge is 2.18. The summed E-state index contributed by atoms with van der Waals surface area (Å²) in [6, 6.07) is 18.4. The van der Waals surface area contributed by atoms with Crippen LogP contribution in [-0.4, -0.2) is 20.6 Å². The van der Waals surface area contributed by atoms with Crippen molar-refractivity contribution < 1.29 is 13.2 Å². The second-order valence-corrected chi connectivity index (χ2v) is 9.90. The minimum absolute atomic E-state index is 0.195. The van der Waals surface area contributed by atoms with E-state index in [4.69, 9.17) is 0 Å². The first-order valence-corrected chi connectivity index (χ1v) is 11.9. The fraction of sp³-hybridized carbons (Fsp3) is 0.240. The molecule has 3 aromatic rings. The monoisotopic (exact) mass is 436 g/mol. The number of sulfonamides is 1. The highest BCUT2D eigenvalue weighted by Crippen LogP contribution is 2.24. The first-order valence-electron chi connectivity index (χ1n) is 10.1. The van der Waals surface area contributed by atoms with Crippen LogP contribution < -0.4 is 9.62 Å². The van der Waals surface area contributed by atoms with Crippen molar-refractivity contribution in [2.45, 2.75) is 34.2 Å². The smallest absolute Gasteiger partial charge is 0.255 e. The molecular formula is C25H28N2O3S. The molecule has 0 saturated carbocycles. The van der Waals surface area contributed by atoms with Gasteiger partial charge in [0.25, 0.3) is 5.91 Å². The molecule has 0 radical (unpaired) electrons. The standard InChI is InChI=1S/C25H28N2O3S/c1-17-6-12-23(14-19(17)3)26-25(28)22-10-8-21(9-11-22)16-27(31(5,29)30)24-13-7-18(2)20(4)15-24/h6-15H,16H2,1-5H3,(H,26,28). The van der Waals surface area contributed by atoms with E-state index in [1.807, 2.05) is 64.1 Å². The predicted molar refractivity (Wildman–Crippen MR) is 127 cm³/mol. The molecule has 31 heavy (non-hydrogen) atoms. The number of nitrogens with zero attached hydrogens (tertiary/aromatic N) is 1. The Morgan fingerprint density at radius 2 is 1.39 bits per heavy atom. The number of hydrogen-bond donors (Lipinski definition) is 1. The molecule has 3 rings (SSSR count). The van der Waals surface area contributed by atoms with Gasteiger partial charge in [0.1, 0.15) is 0 Å². The predicted octanol–water partition coefficient (Wildman–Crippen LogP) is 5.14. The van der Waals surface area contributed by atoms with E-state index in [0.717, 1.165) is 27.9 Å². The number of benzene rings is 3. The van der Waals surface area contributed by atoms with Crippen LogP contribution in [0.15, 0.2) is 60.7 Å². The lowest BCUT2D eigenvalue weighted by molar-refractivity contribution is 0.102. The van der Waals surface area contributed by atoms with Gasteiger partial charge in [0.15, 0.2) is 0 Å². The summed E-state index contributed by atoms with van der Waals surface area (Å²) in [6.07, 6.45) is 1.20. The van der Waals surface area contributed by atoms with Crippen molar-refractivity contribution in [2.75, 3.05) is 15.9 Å². The maximum absolute atomic E-state index is 12.6. The van der Waals surface area contributed by atoms with Gasteiger partial charge in [-0.3, -0.25) is 9.10 Å². The van der Waals surface area contributed by atoms with Gasteiger partial charge in [0.2, 0.25) is 10.0 Å². The summed E-state index contributed by atoms with van der Waals surface area (Å²) in [4.78, 5) is 12.6. The highest BCUT2D eigenvalue weighted by molar-refractivity contribution is 7.92. The van der Waals surface area contributed by atoms with Crippen molar-refractivity contribution in [3.63, 3.8) is 0 Å². The largest absolute Gasteiger partial charge is 0.322 e. The lowest BCUT2D eigenvalue weighted by Gasteiger charge is -2.23. The van der Waals surface area contributed by atoms with Crippen LogP contribution in [0.3, 0.4) is 0 Å². The number of nitrogens with one attached hydrogen (secondary N) is 1. The molecule has 1 N–H and O–H groups in total. The normalized spacial score (nSPS) is 11.3. The van der Waals surface area contributed by atoms with Gasteiger partial charge in [-0.15, -0.1) is 0 Å². The molecule has 1 amide bonds. The first kappa shape index (κ1) is 22.6. The molecule has 0 aliphatic heterocycles. The van der Waals surface area contributed by atoms with Crippen LogP contribution in [0.2, 0.25) is 0 Å². The third-order valence-electron chi connectivity index (χ3n) is 5.49. The lowest BCUT2D eigenvalue weighted by atomic mass is 10.1. The quantitative estimate of drug-likeness (QED) is 0.582. The maximum atomic E-state index is 12.6. The molecular weight excluding hydrogens is 408 g/mol. The van der Waals surface area contributed by atoms with Gasteiger partial charge in [0.05, 0.1) is 18.5 Å². The van der Waals surface area contributed by atoms with Crippen LogP contribution in [0.1, 0.15) is 38.2 Å². The van der Waals surface area contributed by atoms with Crippen LogP contribution >= 0.6 is 0 Å². The Bertz CT molecular complexity index is 1220. The summed E-state index contributed by atoms with van der Waals surface area (Å²) in [6.45, 7) is 8.18. The summed E-state index contributed by atoms with van der Waals surface area (Å²) >= 11 is 0. The van der Waals surface area contributed by atoms with Crippen LogP contribution in [0.5, 0.6) is 0 Å². The third kappa shape index (κ3) is 5.52. The molecule has 0 heterocycles. The molecule has 0 atom stereocenters. The van der Waals surface area contributed by atoms with Gasteiger partial charge < -0.3 is 5.32 Å². The van der Waals surface area contributed by atoms with Crippen molar-refractivity contribution in [1.29, 1.82) is 0 Å². The second kappa shape index (κ2) is 8.94. The number of carbonyl (C=O) groups is 1. The van der Waals surface area contributed by atoms with E-state index in [-0.39, 0.29) is 12.5 Å². The van der Waals surface area contributed by atoms with Gasteiger partial charge >= 0.3 is 0 Å². The highest BCUT2D eigenvalue weighted by atomic mass is 32.2. The molecule has 162 valence electrons. The van der Waals surface area contributed by atoms with E-state index >= 15 is 0 Å². The number of hydrogen-bond acceptors (Lipinski definition) is 3. The number of anilines is 2. The second-order valence-electron chi connectivity index (χ2n) is 7.99. The van der Waals surface area contributed by atoms with E-state index in [2.05, 4.69) is 5.32 Å². The van der Waals surface area contributed by atoms with Crippen LogP contribution in [0.4, 0.5) is 11.4 Å². The maximum Gasteiger partial charge on any atom is 0.255 e. The first-order chi connectivity index (χ1) is 14.5. The zero-order valence-corrected chi connectivity index (χ0v) is 19.4. The fourth-order valence-corrected chi connectivity index (χ4v) is 4.11. The molecule has 0 aliphatic rings. The molecule has 3 aromatic carbocycles. The molecule has 0 bridgehead atoms. The number of amides is 1. The Kier molecular flexibility index (Phi) is 6.51. The number of aryl methyl sites for hydroxylation is 4. The van der Waals surface area contributed by atoms with Crippen molar-refractivity contribution in [1.82, 2.24) is 0 Å². The summed E-state index contributed by atoms with van der Waals surface area (Å²) in [5, 5.41) is 2.90. The Balaban J connectivity index is 1.78. The topological polar surface area (TPSA) is 66.5 Å². The molecule has 5 nitrogen and oxygen atoms in total. The summed E-state index contributed by atoms with van der Waals surface area (Å²) in [7, 11) is -3.47. The van der Waals surface area contributed by atoms with E-state index in [1.54, 1.807) is 24.3 Å². The van der Waals surface area contributed by atoms with E-state index in [0.29, 0.717) is 11.3 Å². The van der Waals surface area contributed by atoms with E-state index < -0.39 is 10.0 Å². The fourth-order valence-electron chi connectivity index (χ4n) is 3.23. The van der Waals surface area contributed by atoms with Crippen molar-refractivity contribution in [3.8, 4) is 0 Å². The molecule has 0 saturated heterocycles. The van der Waals surface area contributed by atoms with Crippen LogP contribution in [0.25, 0.3) is 0 Å². The third-order valence-corrected chi connectivity index (χ3v) is 6.63. The van der Waals surface area contributed by atoms with Crippen LogP contribution in [0, 0.1) is 27.7 Å². The number of rotatable bonds is 6. The Morgan fingerprint density at radius 1 is 0.806 bits per heavy atom. The number of carbonyl (C=O) groups excluding carboxylic acids is 1. The Labute approximate surface area is 184 Å². The van der Waals surface area contributed by atoms with Gasteiger partial charge in [0, 0.05) is 11.3 Å². The van der Waals surface area contributed by atoms with E-state index in [9.17, 15) is 13.2 Å². The van der Waals surface area contributed by atoms with Gasteiger partial charge in [-0.1, -0.05) is 24.3 Å². The molecule has 0 aromatic heterocycles. The average molecular weight is 437 g/mol. The molecule has 0 unspecified atom stereocenters. The molecule has 0 fully saturated rings. The van der Waals surface area contributed by atoms with Gasteiger partial charge in [-0.25, -0.2) is 8.42 Å². The Morgan fingerprint density at radius 3 is 1.94 bits per heavy atom. The lowest BCUT2D eigenvalue weighted by Crippen LogP contribution is -2.29. The summed E-state index contributed by atoms with van der Waals surface area (Å²) in [5.41, 5.74) is 7.10. The Hall–Kier alpha value is -3.12. The molecule has 0 aliphatic carbocycles. The van der Waals surface area contributed by atoms with Crippen LogP contribution in [-0.2, 0) is 16.6 Å². The minimum Gasteiger partial charge on any atom is -0.322 e. The SMILES string of the molecule is Cc1ccc(NC(=O)c2ccc(CN(c3ccc(C)c(C)c3)S(C)(=O)=O)cc2)cc1C. The zero-order chi connectivity index (χ0) is 22.8. The average Bonchev–Trinajstić information content (AvgIpc) is 2.71. The van der Waals surface area contributed by atoms with E-state index in [1.165, 1.54) is 16.1 Å². The summed E-state index contributed by atoms with van der Waals surface area (Å²) < 4.78 is 26.2. The van der Waals surface area contributed by atoms with Crippen molar-refractivity contribution in [2.24, 2.45) is 0 Å². The molecule has 0 spiro atoms. The minimum atomic E-state index is -3.47. The van der Waals surface area contributed by atoms with Crippen molar-refractivity contribution in [3.05, 3.63) is 94.0 Å². The molecule has 6 heteroatoms. The van der Waals surface area contributed by atoms with Gasteiger partial charge in [-0.05, 0) is 91.9 Å².